The number of hydrogen-bond acceptors (Lipinski definition) is 7. The molecule has 0 unspecified atom stereocenters. The minimum absolute atomic E-state index is 0.0521. The van der Waals surface area contributed by atoms with Gasteiger partial charge in [0, 0.05) is 6.07 Å². The van der Waals surface area contributed by atoms with E-state index in [0.717, 1.165) is 17.7 Å². The molecule has 25 heavy (non-hydrogen) atoms. The summed E-state index contributed by atoms with van der Waals surface area (Å²) in [6, 6.07) is 6.80. The Kier molecular flexibility index (Phi) is 3.58. The van der Waals surface area contributed by atoms with E-state index in [1.165, 1.54) is 18.2 Å². The number of imide groups is 1. The summed E-state index contributed by atoms with van der Waals surface area (Å²) in [6.45, 7) is 0. The topological polar surface area (TPSA) is 144 Å². The number of anilines is 1. The zero-order valence-corrected chi connectivity index (χ0v) is 12.8. The number of ether oxygens (including phenoxy) is 1. The molecule has 0 saturated heterocycles. The molecular formula is C16H10N4O5. The smallest absolute Gasteiger partial charge is 0.339 e. The zero-order valence-electron chi connectivity index (χ0n) is 12.8. The Morgan fingerprint density at radius 2 is 1.96 bits per heavy atom. The number of esters is 1. The first kappa shape index (κ1) is 15.9. The number of fused-ring (bicyclic) bond motifs is 1. The third-order valence-electron chi connectivity index (χ3n) is 3.74. The normalized spacial score (nSPS) is 12.3. The lowest BCUT2D eigenvalue weighted by Gasteiger charge is -2.13. The van der Waals surface area contributed by atoms with E-state index in [1.807, 2.05) is 6.07 Å². The summed E-state index contributed by atoms with van der Waals surface area (Å²) in [5.41, 5.74) is 5.17. The van der Waals surface area contributed by atoms with E-state index >= 15 is 0 Å². The third kappa shape index (κ3) is 2.33. The lowest BCUT2D eigenvalue weighted by Crippen LogP contribution is -2.24. The van der Waals surface area contributed by atoms with Crippen LogP contribution in [-0.4, -0.2) is 29.5 Å². The van der Waals surface area contributed by atoms with Crippen LogP contribution in [0.25, 0.3) is 5.69 Å². The molecule has 3 N–H and O–H groups in total. The molecule has 0 fully saturated rings. The van der Waals surface area contributed by atoms with Gasteiger partial charge in [-0.1, -0.05) is 0 Å². The van der Waals surface area contributed by atoms with E-state index in [1.54, 1.807) is 0 Å². The highest BCUT2D eigenvalue weighted by Crippen LogP contribution is 2.24. The van der Waals surface area contributed by atoms with E-state index in [0.29, 0.717) is 0 Å². The van der Waals surface area contributed by atoms with Crippen LogP contribution in [0.5, 0.6) is 0 Å². The lowest BCUT2D eigenvalue weighted by atomic mass is 10.1. The first-order chi connectivity index (χ1) is 11.9. The van der Waals surface area contributed by atoms with Gasteiger partial charge >= 0.3 is 5.97 Å². The number of aromatic nitrogens is 1. The number of pyridine rings is 1. The van der Waals surface area contributed by atoms with Crippen molar-refractivity contribution in [1.82, 2.24) is 9.88 Å². The fraction of sp³-hybridized carbons (Fsp3) is 0.0625. The Labute approximate surface area is 140 Å². The monoisotopic (exact) mass is 338 g/mol. The number of methoxy groups -OCH3 is 1. The number of nitriles is 1. The van der Waals surface area contributed by atoms with Crippen LogP contribution >= 0.6 is 0 Å². The molecule has 3 rings (SSSR count). The maximum Gasteiger partial charge on any atom is 0.339 e. The summed E-state index contributed by atoms with van der Waals surface area (Å²) in [7, 11) is 1.15. The molecular weight excluding hydrogens is 328 g/mol. The van der Waals surface area contributed by atoms with E-state index in [4.69, 9.17) is 11.0 Å². The molecule has 0 bridgehead atoms. The van der Waals surface area contributed by atoms with Crippen LogP contribution in [0.4, 0.5) is 5.82 Å². The highest BCUT2D eigenvalue weighted by Gasteiger charge is 2.32. The largest absolute Gasteiger partial charge is 0.465 e. The van der Waals surface area contributed by atoms with Crippen LogP contribution in [-0.2, 0) is 4.74 Å². The van der Waals surface area contributed by atoms with Gasteiger partial charge in [-0.05, 0) is 18.2 Å². The average molecular weight is 338 g/mol. The van der Waals surface area contributed by atoms with E-state index in [9.17, 15) is 19.2 Å². The number of carbonyl (C=O) groups excluding carboxylic acids is 3. The number of rotatable bonds is 2. The predicted molar refractivity (Wildman–Crippen MR) is 84.3 cm³/mol. The second-order valence-corrected chi connectivity index (χ2v) is 5.11. The summed E-state index contributed by atoms with van der Waals surface area (Å²) < 4.78 is 5.59. The van der Waals surface area contributed by atoms with Gasteiger partial charge in [-0.3, -0.25) is 24.3 Å². The molecule has 124 valence electrons. The Morgan fingerprint density at radius 3 is 2.60 bits per heavy atom. The zero-order chi connectivity index (χ0) is 18.3. The van der Waals surface area contributed by atoms with Gasteiger partial charge < -0.3 is 10.5 Å². The standard InChI is InChI=1S/C16H10N4O5/c1-25-16(24)9-4-8(3-2-7(9)6-17)20-11(21)5-10-12(13(20)18)15(23)19-14(10)22/h2-5H,18H2,1H3,(H,19,22,23). The Bertz CT molecular complexity index is 1060. The average Bonchev–Trinajstić information content (AvgIpc) is 2.88. The maximum atomic E-state index is 12.4. The van der Waals surface area contributed by atoms with E-state index < -0.39 is 23.3 Å². The van der Waals surface area contributed by atoms with Crippen LogP contribution in [0, 0.1) is 11.3 Å². The van der Waals surface area contributed by atoms with Gasteiger partial charge in [0.2, 0.25) is 0 Å². The van der Waals surface area contributed by atoms with Gasteiger partial charge in [0.1, 0.15) is 11.9 Å². The van der Waals surface area contributed by atoms with Crippen LogP contribution in [0.15, 0.2) is 29.1 Å². The van der Waals surface area contributed by atoms with Crippen molar-refractivity contribution < 1.29 is 19.1 Å². The molecule has 1 aliphatic heterocycles. The molecule has 2 amide bonds. The Morgan fingerprint density at radius 1 is 1.24 bits per heavy atom. The van der Waals surface area contributed by atoms with Crippen molar-refractivity contribution in [3.05, 3.63) is 56.9 Å². The van der Waals surface area contributed by atoms with Crippen molar-refractivity contribution >= 4 is 23.6 Å². The van der Waals surface area contributed by atoms with Crippen LogP contribution in [0.2, 0.25) is 0 Å². The fourth-order valence-corrected chi connectivity index (χ4v) is 2.59. The van der Waals surface area contributed by atoms with Crippen molar-refractivity contribution in [1.29, 1.82) is 5.26 Å². The van der Waals surface area contributed by atoms with Gasteiger partial charge in [-0.2, -0.15) is 5.26 Å². The van der Waals surface area contributed by atoms with Crippen LogP contribution in [0.1, 0.15) is 36.6 Å². The number of nitrogens with zero attached hydrogens (tertiary/aromatic N) is 2. The summed E-state index contributed by atoms with van der Waals surface area (Å²) in [6.07, 6.45) is 0. The molecule has 9 nitrogen and oxygen atoms in total. The van der Waals surface area contributed by atoms with Gasteiger partial charge in [0.15, 0.2) is 0 Å². The Balaban J connectivity index is 2.29. The number of amides is 2. The summed E-state index contributed by atoms with van der Waals surface area (Å²) >= 11 is 0. The number of nitrogens with one attached hydrogen (secondary N) is 1. The first-order valence-corrected chi connectivity index (χ1v) is 6.93. The maximum absolute atomic E-state index is 12.4. The Hall–Kier alpha value is -3.93. The van der Waals surface area contributed by atoms with E-state index in [2.05, 4.69) is 10.1 Å². The van der Waals surface area contributed by atoms with Gasteiger partial charge in [0.25, 0.3) is 17.4 Å². The SMILES string of the molecule is COC(=O)c1cc(-n2c(N)c3c(cc2=O)C(=O)NC3=O)ccc1C#N. The molecule has 1 aliphatic rings. The quantitative estimate of drug-likeness (QED) is 0.577. The number of carbonyl (C=O) groups is 3. The third-order valence-corrected chi connectivity index (χ3v) is 3.74. The minimum Gasteiger partial charge on any atom is -0.465 e. The summed E-state index contributed by atoms with van der Waals surface area (Å²) in [5, 5.41) is 11.1. The number of nitrogens with two attached hydrogens (primary N) is 1. The van der Waals surface area contributed by atoms with Crippen molar-refractivity contribution in [3.63, 3.8) is 0 Å². The van der Waals surface area contributed by atoms with Gasteiger partial charge in [-0.25, -0.2) is 4.79 Å². The highest BCUT2D eigenvalue weighted by atomic mass is 16.5. The molecule has 0 aliphatic carbocycles. The molecule has 1 aromatic heterocycles. The number of benzene rings is 1. The van der Waals surface area contributed by atoms with Crippen LogP contribution < -0.4 is 16.6 Å². The molecule has 1 aromatic carbocycles. The van der Waals surface area contributed by atoms with Gasteiger partial charge in [-0.15, -0.1) is 0 Å². The molecule has 2 aromatic rings. The first-order valence-electron chi connectivity index (χ1n) is 6.93. The van der Waals surface area contributed by atoms with Crippen molar-refractivity contribution in [3.8, 4) is 11.8 Å². The van der Waals surface area contributed by atoms with Crippen molar-refractivity contribution in [2.24, 2.45) is 0 Å². The highest BCUT2D eigenvalue weighted by molar-refractivity contribution is 6.23. The summed E-state index contributed by atoms with van der Waals surface area (Å²) in [4.78, 5) is 47.7. The van der Waals surface area contributed by atoms with Crippen molar-refractivity contribution in [2.75, 3.05) is 12.8 Å². The minimum atomic E-state index is -0.765. The predicted octanol–water partition coefficient (Wildman–Crippen LogP) is -0.0384. The molecule has 0 spiro atoms. The summed E-state index contributed by atoms with van der Waals surface area (Å²) in [5.74, 6) is -2.43. The molecule has 9 heteroatoms. The molecule has 0 radical (unpaired) electrons. The fourth-order valence-electron chi connectivity index (χ4n) is 2.59. The lowest BCUT2D eigenvalue weighted by molar-refractivity contribution is 0.0600. The van der Waals surface area contributed by atoms with E-state index in [-0.39, 0.29) is 33.8 Å². The molecule has 2 heterocycles. The molecule has 0 saturated carbocycles. The molecule has 0 atom stereocenters. The van der Waals surface area contributed by atoms with Crippen LogP contribution in [0.3, 0.4) is 0 Å². The second kappa shape index (κ2) is 5.61. The number of hydrogen-bond donors (Lipinski definition) is 2. The number of nitrogen functional groups attached to an aromatic ring is 1. The van der Waals surface area contributed by atoms with Crippen molar-refractivity contribution in [2.45, 2.75) is 0 Å². The van der Waals surface area contributed by atoms with Gasteiger partial charge in [0.05, 0.1) is 35.1 Å². The second-order valence-electron chi connectivity index (χ2n) is 5.11.